The van der Waals surface area contributed by atoms with Crippen LogP contribution in [0.3, 0.4) is 0 Å². The van der Waals surface area contributed by atoms with Gasteiger partial charge >= 0.3 is 0 Å². The van der Waals surface area contributed by atoms with Crippen LogP contribution in [0.5, 0.6) is 5.75 Å². The zero-order valence-electron chi connectivity index (χ0n) is 17.4. The van der Waals surface area contributed by atoms with Gasteiger partial charge in [0.25, 0.3) is 5.91 Å². The van der Waals surface area contributed by atoms with Gasteiger partial charge in [-0.05, 0) is 31.2 Å². The Kier molecular flexibility index (Phi) is 6.37. The number of carbonyl (C=O) groups excluding carboxylic acids is 2. The van der Waals surface area contributed by atoms with Crippen LogP contribution in [0.2, 0.25) is 0 Å². The molecule has 2 heterocycles. The Balaban J connectivity index is 1.59. The molecule has 1 aromatic heterocycles. The number of ether oxygens (including phenoxy) is 1. The van der Waals surface area contributed by atoms with Crippen LogP contribution in [-0.2, 0) is 9.59 Å². The minimum Gasteiger partial charge on any atom is -0.496 e. The molecule has 32 heavy (non-hydrogen) atoms. The number of carbonyl (C=O) groups is 2. The van der Waals surface area contributed by atoms with Gasteiger partial charge in [0.1, 0.15) is 17.2 Å². The van der Waals surface area contributed by atoms with Crippen LogP contribution in [0, 0.1) is 6.92 Å². The molecule has 0 bridgehead atoms. The Morgan fingerprint density at radius 3 is 2.66 bits per heavy atom. The summed E-state index contributed by atoms with van der Waals surface area (Å²) in [5.41, 5.74) is 1.66. The van der Waals surface area contributed by atoms with Gasteiger partial charge in [-0.25, -0.2) is 4.99 Å². The quantitative estimate of drug-likeness (QED) is 0.570. The summed E-state index contributed by atoms with van der Waals surface area (Å²) in [6, 6.07) is 18.2. The average molecular weight is 449 g/mol. The van der Waals surface area contributed by atoms with Crippen LogP contribution in [0.15, 0.2) is 75.9 Å². The zero-order chi connectivity index (χ0) is 22.5. The third kappa shape index (κ3) is 4.73. The fraction of sp³-hybridized carbons (Fsp3) is 0.130. The summed E-state index contributed by atoms with van der Waals surface area (Å²) < 4.78 is 10.3. The molecule has 8 nitrogen and oxygen atoms in total. The molecular formula is C23H20N4O4S. The second kappa shape index (κ2) is 9.52. The lowest BCUT2D eigenvalue weighted by molar-refractivity contribution is -0.114. The van der Waals surface area contributed by atoms with Crippen LogP contribution in [0.4, 0.5) is 11.5 Å². The van der Waals surface area contributed by atoms with Gasteiger partial charge in [-0.15, -0.1) is 0 Å². The van der Waals surface area contributed by atoms with E-state index in [1.54, 1.807) is 26.2 Å². The molecule has 9 heteroatoms. The monoisotopic (exact) mass is 448 g/mol. The third-order valence-corrected chi connectivity index (χ3v) is 5.44. The molecule has 2 amide bonds. The van der Waals surface area contributed by atoms with Crippen molar-refractivity contribution in [2.45, 2.75) is 6.92 Å². The smallest absolute Gasteiger partial charge is 0.283 e. The van der Waals surface area contributed by atoms with E-state index in [1.807, 2.05) is 54.6 Å². The molecule has 0 fully saturated rings. The molecule has 3 aromatic rings. The second-order valence-electron chi connectivity index (χ2n) is 6.80. The highest BCUT2D eigenvalue weighted by atomic mass is 32.2. The fourth-order valence-corrected chi connectivity index (χ4v) is 3.88. The van der Waals surface area contributed by atoms with Crippen molar-refractivity contribution in [1.82, 2.24) is 5.16 Å². The van der Waals surface area contributed by atoms with E-state index in [0.29, 0.717) is 28.2 Å². The van der Waals surface area contributed by atoms with Crippen LogP contribution < -0.4 is 15.0 Å². The number of para-hydroxylation sites is 2. The lowest BCUT2D eigenvalue weighted by Crippen LogP contribution is -2.31. The number of aliphatic imine (C=N–C) groups is 1. The number of benzene rings is 2. The number of nitrogens with one attached hydrogen (secondary N) is 1. The molecule has 1 N–H and O–H groups in total. The van der Waals surface area contributed by atoms with E-state index >= 15 is 0 Å². The lowest BCUT2D eigenvalue weighted by Gasteiger charge is -2.17. The first kappa shape index (κ1) is 21.4. The van der Waals surface area contributed by atoms with E-state index in [4.69, 9.17) is 9.26 Å². The van der Waals surface area contributed by atoms with Gasteiger partial charge in [0.15, 0.2) is 11.0 Å². The van der Waals surface area contributed by atoms with Crippen molar-refractivity contribution < 1.29 is 18.8 Å². The molecule has 4 rings (SSSR count). The SMILES string of the molecule is COc1ccccc1C=C1N=C(SCC(=O)Nc2cc(C)on2)N(c2ccccc2)C1=O. The van der Waals surface area contributed by atoms with Crippen molar-refractivity contribution >= 4 is 46.3 Å². The number of hydrogen-bond acceptors (Lipinski definition) is 7. The third-order valence-electron chi connectivity index (χ3n) is 4.50. The van der Waals surface area contributed by atoms with Crippen LogP contribution in [0.1, 0.15) is 11.3 Å². The highest BCUT2D eigenvalue weighted by Crippen LogP contribution is 2.30. The summed E-state index contributed by atoms with van der Waals surface area (Å²) in [7, 11) is 1.57. The largest absolute Gasteiger partial charge is 0.496 e. The first-order chi connectivity index (χ1) is 15.5. The molecule has 1 aliphatic rings. The van der Waals surface area contributed by atoms with E-state index in [0.717, 1.165) is 17.3 Å². The van der Waals surface area contributed by atoms with Crippen LogP contribution in [0.25, 0.3) is 6.08 Å². The summed E-state index contributed by atoms with van der Waals surface area (Å²) >= 11 is 1.16. The summed E-state index contributed by atoms with van der Waals surface area (Å²) in [6.07, 6.45) is 1.68. The summed E-state index contributed by atoms with van der Waals surface area (Å²) in [6.45, 7) is 1.74. The number of thioether (sulfide) groups is 1. The van der Waals surface area contributed by atoms with E-state index < -0.39 is 0 Å². The Labute approximate surface area is 188 Å². The predicted octanol–water partition coefficient (Wildman–Crippen LogP) is 4.11. The maximum absolute atomic E-state index is 13.2. The molecule has 0 saturated heterocycles. The molecule has 0 aliphatic carbocycles. The summed E-state index contributed by atoms with van der Waals surface area (Å²) in [4.78, 5) is 31.6. The number of rotatable bonds is 6. The van der Waals surface area contributed by atoms with Crippen molar-refractivity contribution in [3.8, 4) is 5.75 Å². The molecule has 0 unspecified atom stereocenters. The number of nitrogens with zero attached hydrogens (tertiary/aromatic N) is 3. The molecule has 0 saturated carbocycles. The molecule has 0 spiro atoms. The van der Waals surface area contributed by atoms with Gasteiger partial charge in [0.2, 0.25) is 5.91 Å². The fourth-order valence-electron chi connectivity index (χ4n) is 3.07. The van der Waals surface area contributed by atoms with Crippen molar-refractivity contribution in [2.24, 2.45) is 4.99 Å². The normalized spacial score (nSPS) is 14.6. The number of amides is 2. The molecule has 2 aromatic carbocycles. The van der Waals surface area contributed by atoms with E-state index in [2.05, 4.69) is 15.5 Å². The van der Waals surface area contributed by atoms with Gasteiger partial charge in [0.05, 0.1) is 18.6 Å². The Morgan fingerprint density at radius 1 is 1.19 bits per heavy atom. The minimum atomic E-state index is -0.284. The maximum atomic E-state index is 13.2. The van der Waals surface area contributed by atoms with E-state index in [-0.39, 0.29) is 23.3 Å². The van der Waals surface area contributed by atoms with Gasteiger partial charge in [-0.2, -0.15) is 0 Å². The van der Waals surface area contributed by atoms with Gasteiger partial charge in [-0.1, -0.05) is 53.3 Å². The second-order valence-corrected chi connectivity index (χ2v) is 7.74. The van der Waals surface area contributed by atoms with Crippen LogP contribution in [-0.4, -0.2) is 35.0 Å². The first-order valence-electron chi connectivity index (χ1n) is 9.74. The predicted molar refractivity (Wildman–Crippen MR) is 125 cm³/mol. The summed E-state index contributed by atoms with van der Waals surface area (Å²) in [5.74, 6) is 1.06. The number of aryl methyl sites for hydroxylation is 1. The van der Waals surface area contributed by atoms with Gasteiger partial charge in [-0.3, -0.25) is 14.5 Å². The number of amidine groups is 1. The van der Waals surface area contributed by atoms with Gasteiger partial charge < -0.3 is 14.6 Å². The average Bonchev–Trinajstić information content (AvgIpc) is 3.35. The molecule has 0 atom stereocenters. The van der Waals surface area contributed by atoms with E-state index in [9.17, 15) is 9.59 Å². The number of aromatic nitrogens is 1. The minimum absolute atomic E-state index is 0.0449. The standard InChI is InChI=1S/C23H20N4O4S/c1-15-12-20(26-31-15)25-21(28)14-32-23-24-18(13-16-8-6-7-11-19(16)30-2)22(29)27(23)17-9-4-3-5-10-17/h3-13H,14H2,1-2H3,(H,25,26,28). The van der Waals surface area contributed by atoms with Gasteiger partial charge in [0, 0.05) is 11.6 Å². The highest BCUT2D eigenvalue weighted by Gasteiger charge is 2.32. The molecule has 162 valence electrons. The molecular weight excluding hydrogens is 428 g/mol. The van der Waals surface area contributed by atoms with E-state index in [1.165, 1.54) is 4.90 Å². The van der Waals surface area contributed by atoms with Crippen molar-refractivity contribution in [1.29, 1.82) is 0 Å². The highest BCUT2D eigenvalue weighted by molar-refractivity contribution is 8.14. The van der Waals surface area contributed by atoms with Crippen molar-refractivity contribution in [2.75, 3.05) is 23.1 Å². The summed E-state index contributed by atoms with van der Waals surface area (Å²) in [5, 5.41) is 6.83. The molecule has 0 radical (unpaired) electrons. The Bertz CT molecular complexity index is 1200. The number of anilines is 2. The maximum Gasteiger partial charge on any atom is 0.283 e. The van der Waals surface area contributed by atoms with Crippen molar-refractivity contribution in [3.63, 3.8) is 0 Å². The first-order valence-corrected chi connectivity index (χ1v) is 10.7. The number of methoxy groups -OCH3 is 1. The Morgan fingerprint density at radius 2 is 1.94 bits per heavy atom. The number of hydrogen-bond donors (Lipinski definition) is 1. The topological polar surface area (TPSA) is 97.0 Å². The Hall–Kier alpha value is -3.85. The zero-order valence-corrected chi connectivity index (χ0v) is 18.3. The lowest BCUT2D eigenvalue weighted by atomic mass is 10.1. The van der Waals surface area contributed by atoms with Crippen molar-refractivity contribution in [3.05, 3.63) is 77.7 Å². The molecule has 1 aliphatic heterocycles. The van der Waals surface area contributed by atoms with Crippen LogP contribution >= 0.6 is 11.8 Å².